The molecule has 0 aromatic heterocycles. The smallest absolute Gasteiger partial charge is 0.261 e. The highest BCUT2D eigenvalue weighted by molar-refractivity contribution is 5.97. The first-order valence-corrected chi connectivity index (χ1v) is 7.45. The van der Waals surface area contributed by atoms with Gasteiger partial charge in [0.05, 0.1) is 0 Å². The normalized spacial score (nSPS) is 11.2. The molecule has 23 heavy (non-hydrogen) atoms. The summed E-state index contributed by atoms with van der Waals surface area (Å²) in [7, 11) is 0. The number of nitriles is 1. The molecule has 3 heteroatoms. The van der Waals surface area contributed by atoms with Crippen LogP contribution >= 0.6 is 0 Å². The number of carbonyl (C=O) groups excluding carboxylic acids is 1. The summed E-state index contributed by atoms with van der Waals surface area (Å²) in [5, 5.41) is 11.9. The van der Waals surface area contributed by atoms with Crippen LogP contribution in [0.5, 0.6) is 0 Å². The van der Waals surface area contributed by atoms with E-state index in [-0.39, 0.29) is 11.5 Å². The van der Waals surface area contributed by atoms with Crippen molar-refractivity contribution in [2.45, 2.75) is 6.42 Å². The van der Waals surface area contributed by atoms with Crippen molar-refractivity contribution in [2.24, 2.45) is 0 Å². The van der Waals surface area contributed by atoms with Crippen LogP contribution in [0.4, 0.5) is 0 Å². The maximum atomic E-state index is 12.0. The van der Waals surface area contributed by atoms with Crippen LogP contribution in [0.3, 0.4) is 0 Å². The molecular weight excluding hydrogens is 284 g/mol. The topological polar surface area (TPSA) is 52.9 Å². The Morgan fingerprint density at radius 1 is 1.04 bits per heavy atom. The molecule has 2 aromatic carbocycles. The van der Waals surface area contributed by atoms with Crippen molar-refractivity contribution in [2.75, 3.05) is 6.54 Å². The fraction of sp³-hybridized carbons (Fsp3) is 0.100. The molecule has 0 radical (unpaired) electrons. The number of benzene rings is 2. The summed E-state index contributed by atoms with van der Waals surface area (Å²) < 4.78 is 0. The predicted octanol–water partition coefficient (Wildman–Crippen LogP) is 3.51. The quantitative estimate of drug-likeness (QED) is 0.504. The molecule has 0 aliphatic rings. The number of nitrogens with one attached hydrogen (secondary N) is 1. The molecule has 0 spiro atoms. The fourth-order valence-electron chi connectivity index (χ4n) is 2.04. The van der Waals surface area contributed by atoms with Gasteiger partial charge in [0.15, 0.2) is 0 Å². The maximum Gasteiger partial charge on any atom is 0.261 e. The third kappa shape index (κ3) is 5.64. The molecule has 1 amide bonds. The second-order valence-corrected chi connectivity index (χ2v) is 4.95. The molecule has 1 N–H and O–H groups in total. The summed E-state index contributed by atoms with van der Waals surface area (Å²) in [6, 6.07) is 21.6. The zero-order chi connectivity index (χ0) is 16.3. The highest BCUT2D eigenvalue weighted by Gasteiger charge is 2.06. The van der Waals surface area contributed by atoms with Crippen LogP contribution in [0, 0.1) is 11.3 Å². The first-order chi connectivity index (χ1) is 11.3. The van der Waals surface area contributed by atoms with Crippen molar-refractivity contribution in [3.63, 3.8) is 0 Å². The highest BCUT2D eigenvalue weighted by Crippen LogP contribution is 2.03. The van der Waals surface area contributed by atoms with E-state index in [2.05, 4.69) is 5.32 Å². The lowest BCUT2D eigenvalue weighted by atomic mass is 10.1. The molecular formula is C20H18N2O. The lowest BCUT2D eigenvalue weighted by Gasteiger charge is -2.04. The summed E-state index contributed by atoms with van der Waals surface area (Å²) in [6.45, 7) is 0.504. The number of allylic oxidation sites excluding steroid dienone is 2. The van der Waals surface area contributed by atoms with E-state index in [1.807, 2.05) is 72.8 Å². The second-order valence-electron chi connectivity index (χ2n) is 4.95. The van der Waals surface area contributed by atoms with Crippen molar-refractivity contribution in [3.8, 4) is 6.07 Å². The van der Waals surface area contributed by atoms with Gasteiger partial charge in [0.25, 0.3) is 5.91 Å². The van der Waals surface area contributed by atoms with Gasteiger partial charge >= 0.3 is 0 Å². The van der Waals surface area contributed by atoms with Crippen LogP contribution in [0.25, 0.3) is 6.08 Å². The van der Waals surface area contributed by atoms with Crippen molar-refractivity contribution in [1.29, 1.82) is 5.26 Å². The second kappa shape index (κ2) is 9.01. The van der Waals surface area contributed by atoms with Crippen LogP contribution in [0.2, 0.25) is 0 Å². The third-order valence-electron chi connectivity index (χ3n) is 3.26. The Hall–Kier alpha value is -3.12. The van der Waals surface area contributed by atoms with Gasteiger partial charge in [-0.2, -0.15) is 5.26 Å². The molecule has 114 valence electrons. The third-order valence-corrected chi connectivity index (χ3v) is 3.26. The molecule has 0 bridgehead atoms. The first kappa shape index (κ1) is 16.3. The summed E-state index contributed by atoms with van der Waals surface area (Å²) >= 11 is 0. The standard InChI is InChI=1S/C20H18N2O/c21-16-19(13-7-12-17-8-3-1-4-9-17)20(23)22-15-14-18-10-5-2-6-11-18/h1-13H,14-15H2,(H,22,23)/b12-7+,19-13-. The SMILES string of the molecule is N#C/C(=C/C=C/c1ccccc1)C(=O)NCCc1ccccc1. The maximum absolute atomic E-state index is 12.0. The Labute approximate surface area is 136 Å². The van der Waals surface area contributed by atoms with Gasteiger partial charge in [0.2, 0.25) is 0 Å². The van der Waals surface area contributed by atoms with E-state index in [1.54, 1.807) is 6.08 Å². The minimum absolute atomic E-state index is 0.102. The van der Waals surface area contributed by atoms with E-state index in [0.717, 1.165) is 17.5 Å². The van der Waals surface area contributed by atoms with E-state index >= 15 is 0 Å². The van der Waals surface area contributed by atoms with Crippen LogP contribution < -0.4 is 5.32 Å². The molecule has 2 rings (SSSR count). The summed E-state index contributed by atoms with van der Waals surface area (Å²) in [5.74, 6) is -0.346. The average molecular weight is 302 g/mol. The summed E-state index contributed by atoms with van der Waals surface area (Å²) in [5.41, 5.74) is 2.27. The van der Waals surface area contributed by atoms with Gasteiger partial charge in [0, 0.05) is 6.54 Å². The molecule has 3 nitrogen and oxygen atoms in total. The Balaban J connectivity index is 1.87. The van der Waals surface area contributed by atoms with Crippen LogP contribution in [-0.2, 0) is 11.2 Å². The van der Waals surface area contributed by atoms with Crippen molar-refractivity contribution in [3.05, 3.63) is 89.5 Å². The Morgan fingerprint density at radius 2 is 1.70 bits per heavy atom. The molecule has 2 aromatic rings. The van der Waals surface area contributed by atoms with Gasteiger partial charge in [-0.3, -0.25) is 4.79 Å². The number of rotatable bonds is 6. The molecule has 0 saturated carbocycles. The minimum Gasteiger partial charge on any atom is -0.351 e. The largest absolute Gasteiger partial charge is 0.351 e. The number of hydrogen-bond donors (Lipinski definition) is 1. The van der Waals surface area contributed by atoms with Crippen LogP contribution in [-0.4, -0.2) is 12.5 Å². The van der Waals surface area contributed by atoms with Gasteiger partial charge < -0.3 is 5.32 Å². The van der Waals surface area contributed by atoms with Gasteiger partial charge in [0.1, 0.15) is 11.6 Å². The number of nitrogens with zero attached hydrogens (tertiary/aromatic N) is 1. The molecule has 0 fully saturated rings. The van der Waals surface area contributed by atoms with E-state index in [9.17, 15) is 4.79 Å². The van der Waals surface area contributed by atoms with Crippen molar-refractivity contribution < 1.29 is 4.79 Å². The zero-order valence-electron chi connectivity index (χ0n) is 12.8. The Bertz CT molecular complexity index is 725. The van der Waals surface area contributed by atoms with Crippen molar-refractivity contribution in [1.82, 2.24) is 5.32 Å². The van der Waals surface area contributed by atoms with E-state index in [1.165, 1.54) is 6.08 Å². The van der Waals surface area contributed by atoms with Gasteiger partial charge in [-0.05, 0) is 23.6 Å². The Kier molecular flexibility index (Phi) is 6.37. The monoisotopic (exact) mass is 302 g/mol. The molecule has 0 saturated heterocycles. The average Bonchev–Trinajstić information content (AvgIpc) is 2.60. The first-order valence-electron chi connectivity index (χ1n) is 7.45. The van der Waals surface area contributed by atoms with Crippen LogP contribution in [0.1, 0.15) is 11.1 Å². The van der Waals surface area contributed by atoms with Gasteiger partial charge in [-0.15, -0.1) is 0 Å². The minimum atomic E-state index is -0.346. The number of amides is 1. The highest BCUT2D eigenvalue weighted by atomic mass is 16.1. The van der Waals surface area contributed by atoms with Crippen LogP contribution in [0.15, 0.2) is 78.4 Å². The van der Waals surface area contributed by atoms with E-state index in [0.29, 0.717) is 6.54 Å². The molecule has 0 aliphatic carbocycles. The lowest BCUT2D eigenvalue weighted by molar-refractivity contribution is -0.117. The fourth-order valence-corrected chi connectivity index (χ4v) is 2.04. The zero-order valence-corrected chi connectivity index (χ0v) is 12.8. The number of hydrogen-bond acceptors (Lipinski definition) is 2. The van der Waals surface area contributed by atoms with Crippen molar-refractivity contribution >= 4 is 12.0 Å². The van der Waals surface area contributed by atoms with E-state index in [4.69, 9.17) is 5.26 Å². The number of carbonyl (C=O) groups is 1. The molecule has 0 unspecified atom stereocenters. The summed E-state index contributed by atoms with van der Waals surface area (Å²) in [6.07, 6.45) is 5.84. The van der Waals surface area contributed by atoms with Gasteiger partial charge in [-0.1, -0.05) is 72.8 Å². The van der Waals surface area contributed by atoms with E-state index < -0.39 is 0 Å². The Morgan fingerprint density at radius 3 is 2.35 bits per heavy atom. The molecule has 0 atom stereocenters. The molecule has 0 heterocycles. The summed E-state index contributed by atoms with van der Waals surface area (Å²) in [4.78, 5) is 12.0. The predicted molar refractivity (Wildman–Crippen MR) is 92.3 cm³/mol. The lowest BCUT2D eigenvalue weighted by Crippen LogP contribution is -2.26. The molecule has 0 aliphatic heterocycles. The van der Waals surface area contributed by atoms with Gasteiger partial charge in [-0.25, -0.2) is 0 Å².